The number of nitrogens with one attached hydrogen (secondary N) is 1. The third-order valence-corrected chi connectivity index (χ3v) is 1.68. The Balaban J connectivity index is 2.82. The zero-order valence-electron chi connectivity index (χ0n) is 7.17. The molecule has 1 amide bonds. The van der Waals surface area contributed by atoms with Gasteiger partial charge >= 0.3 is 6.09 Å². The molecule has 0 radical (unpaired) electrons. The molecule has 0 fully saturated rings. The molecule has 2 N–H and O–H groups in total. The number of carboxylic acid groups (broad SMARTS) is 1. The molecule has 0 aromatic heterocycles. The highest BCUT2D eigenvalue weighted by Gasteiger charge is 2.11. The quantitative estimate of drug-likeness (QED) is 0.655. The monoisotopic (exact) mass is 183 g/mol. The third kappa shape index (κ3) is 2.43. The Morgan fingerprint density at radius 3 is 3.00 bits per heavy atom. The van der Waals surface area contributed by atoms with Gasteiger partial charge in [-0.3, -0.25) is 5.32 Å². The summed E-state index contributed by atoms with van der Waals surface area (Å²) in [5.41, 5.74) is 1.00. The molecular weight excluding hydrogens is 173 g/mol. The topological polar surface area (TPSA) is 49.3 Å². The molecule has 0 aromatic rings. The van der Waals surface area contributed by atoms with Crippen LogP contribution in [0.5, 0.6) is 0 Å². The minimum atomic E-state index is -1.14. The number of halogens is 1. The van der Waals surface area contributed by atoms with Crippen LogP contribution < -0.4 is 5.32 Å². The van der Waals surface area contributed by atoms with Crippen LogP contribution in [-0.4, -0.2) is 11.2 Å². The molecule has 1 aliphatic carbocycles. The van der Waals surface area contributed by atoms with Crippen molar-refractivity contribution in [1.82, 2.24) is 5.32 Å². The minimum Gasteiger partial charge on any atom is -0.465 e. The number of allylic oxidation sites excluding steroid dienone is 4. The molecule has 0 saturated carbocycles. The van der Waals surface area contributed by atoms with Gasteiger partial charge in [0.2, 0.25) is 0 Å². The first-order valence-electron chi connectivity index (χ1n) is 3.86. The van der Waals surface area contributed by atoms with Crippen molar-refractivity contribution >= 4 is 6.09 Å². The Hall–Kier alpha value is -1.58. The lowest BCUT2D eigenvalue weighted by atomic mass is 10.1. The normalized spacial score (nSPS) is 19.4. The van der Waals surface area contributed by atoms with E-state index in [1.807, 2.05) is 0 Å². The summed E-state index contributed by atoms with van der Waals surface area (Å²) >= 11 is 0. The highest BCUT2D eigenvalue weighted by Crippen LogP contribution is 2.21. The summed E-state index contributed by atoms with van der Waals surface area (Å²) in [4.78, 5) is 10.3. The fourth-order valence-electron chi connectivity index (χ4n) is 1.10. The van der Waals surface area contributed by atoms with Crippen LogP contribution in [0, 0.1) is 0 Å². The highest BCUT2D eigenvalue weighted by molar-refractivity contribution is 5.69. The summed E-state index contributed by atoms with van der Waals surface area (Å²) in [7, 11) is 0. The summed E-state index contributed by atoms with van der Waals surface area (Å²) in [6.07, 6.45) is 3.50. The van der Waals surface area contributed by atoms with Crippen molar-refractivity contribution in [3.8, 4) is 0 Å². The molecular formula is C9H10FNO2. The van der Waals surface area contributed by atoms with Crippen LogP contribution in [-0.2, 0) is 0 Å². The third-order valence-electron chi connectivity index (χ3n) is 1.68. The van der Waals surface area contributed by atoms with E-state index in [-0.39, 0.29) is 12.2 Å². The van der Waals surface area contributed by atoms with Gasteiger partial charge in [-0.15, -0.1) is 0 Å². The van der Waals surface area contributed by atoms with Crippen molar-refractivity contribution in [2.75, 3.05) is 0 Å². The van der Waals surface area contributed by atoms with Crippen molar-refractivity contribution in [2.24, 2.45) is 0 Å². The smallest absolute Gasteiger partial charge is 0.409 e. The Morgan fingerprint density at radius 1 is 1.77 bits per heavy atom. The SMILES string of the molecule is C/C=C1/C=C(F)CC=C1NC(=O)O. The van der Waals surface area contributed by atoms with E-state index in [0.717, 1.165) is 0 Å². The maximum absolute atomic E-state index is 12.7. The molecule has 0 bridgehead atoms. The Bertz CT molecular complexity index is 316. The van der Waals surface area contributed by atoms with Crippen LogP contribution in [0.3, 0.4) is 0 Å². The number of hydrogen-bond acceptors (Lipinski definition) is 1. The number of hydrogen-bond donors (Lipinski definition) is 2. The Morgan fingerprint density at radius 2 is 2.46 bits per heavy atom. The van der Waals surface area contributed by atoms with Crippen LogP contribution in [0.15, 0.2) is 35.3 Å². The van der Waals surface area contributed by atoms with Crippen molar-refractivity contribution < 1.29 is 14.3 Å². The summed E-state index contributed by atoms with van der Waals surface area (Å²) in [5.74, 6) is -0.260. The first-order chi connectivity index (χ1) is 6.13. The second kappa shape index (κ2) is 3.89. The molecule has 0 atom stereocenters. The average molecular weight is 183 g/mol. The summed E-state index contributed by atoms with van der Waals surface area (Å²) in [6.45, 7) is 1.72. The maximum atomic E-state index is 12.7. The van der Waals surface area contributed by atoms with E-state index in [9.17, 15) is 9.18 Å². The van der Waals surface area contributed by atoms with Gasteiger partial charge in [0.25, 0.3) is 0 Å². The van der Waals surface area contributed by atoms with Gasteiger partial charge < -0.3 is 5.11 Å². The van der Waals surface area contributed by atoms with Gasteiger partial charge in [-0.1, -0.05) is 12.2 Å². The largest absolute Gasteiger partial charge is 0.465 e. The van der Waals surface area contributed by atoms with E-state index in [1.54, 1.807) is 13.0 Å². The summed E-state index contributed by atoms with van der Waals surface area (Å²) < 4.78 is 12.7. The van der Waals surface area contributed by atoms with Gasteiger partial charge in [0.05, 0.1) is 0 Å². The molecule has 1 rings (SSSR count). The zero-order chi connectivity index (χ0) is 9.84. The fourth-order valence-corrected chi connectivity index (χ4v) is 1.10. The van der Waals surface area contributed by atoms with Gasteiger partial charge in [-0.25, -0.2) is 9.18 Å². The lowest BCUT2D eigenvalue weighted by Crippen LogP contribution is -2.22. The molecule has 13 heavy (non-hydrogen) atoms. The molecule has 0 aromatic carbocycles. The van der Waals surface area contributed by atoms with E-state index < -0.39 is 6.09 Å². The fraction of sp³-hybridized carbons (Fsp3) is 0.222. The van der Waals surface area contributed by atoms with E-state index >= 15 is 0 Å². The van der Waals surface area contributed by atoms with Crippen LogP contribution in [0.4, 0.5) is 9.18 Å². The van der Waals surface area contributed by atoms with Gasteiger partial charge in [-0.05, 0) is 18.6 Å². The highest BCUT2D eigenvalue weighted by atomic mass is 19.1. The second-order valence-electron chi connectivity index (χ2n) is 2.59. The molecule has 0 spiro atoms. The summed E-state index contributed by atoms with van der Waals surface area (Å²) in [6, 6.07) is 0. The van der Waals surface area contributed by atoms with E-state index in [4.69, 9.17) is 5.11 Å². The Labute approximate surface area is 75.3 Å². The lowest BCUT2D eigenvalue weighted by Gasteiger charge is -2.12. The average Bonchev–Trinajstić information content (AvgIpc) is 2.07. The second-order valence-corrected chi connectivity index (χ2v) is 2.59. The van der Waals surface area contributed by atoms with Crippen molar-refractivity contribution in [3.05, 3.63) is 35.3 Å². The molecule has 4 heteroatoms. The molecule has 0 saturated heterocycles. The predicted molar refractivity (Wildman–Crippen MR) is 46.8 cm³/mol. The van der Waals surface area contributed by atoms with Crippen LogP contribution in [0.2, 0.25) is 0 Å². The van der Waals surface area contributed by atoms with Crippen LogP contribution >= 0.6 is 0 Å². The zero-order valence-corrected chi connectivity index (χ0v) is 7.17. The first-order valence-corrected chi connectivity index (χ1v) is 3.86. The van der Waals surface area contributed by atoms with Crippen molar-refractivity contribution in [1.29, 1.82) is 0 Å². The van der Waals surface area contributed by atoms with Gasteiger partial charge in [0, 0.05) is 12.1 Å². The maximum Gasteiger partial charge on any atom is 0.409 e. The molecule has 3 nitrogen and oxygen atoms in total. The summed E-state index contributed by atoms with van der Waals surface area (Å²) in [5, 5.41) is 10.7. The van der Waals surface area contributed by atoms with E-state index in [1.165, 1.54) is 12.2 Å². The van der Waals surface area contributed by atoms with Crippen LogP contribution in [0.1, 0.15) is 13.3 Å². The predicted octanol–water partition coefficient (Wildman–Crippen LogP) is 2.34. The molecule has 0 aliphatic heterocycles. The standard InChI is InChI=1S/C9H10FNO2/c1-2-6-5-7(10)3-4-8(6)11-9(12)13/h2,4-5,11H,3H2,1H3,(H,12,13)/b6-2-. The first kappa shape index (κ1) is 9.51. The van der Waals surface area contributed by atoms with Gasteiger partial charge in [0.15, 0.2) is 0 Å². The number of carbonyl (C=O) groups is 1. The van der Waals surface area contributed by atoms with Crippen molar-refractivity contribution in [2.45, 2.75) is 13.3 Å². The molecule has 0 heterocycles. The molecule has 0 unspecified atom stereocenters. The Kier molecular flexibility index (Phi) is 2.84. The lowest BCUT2D eigenvalue weighted by molar-refractivity contribution is 0.197. The van der Waals surface area contributed by atoms with E-state index in [0.29, 0.717) is 11.3 Å². The number of amides is 1. The van der Waals surface area contributed by atoms with Gasteiger partial charge in [-0.2, -0.15) is 0 Å². The molecule has 1 aliphatic rings. The van der Waals surface area contributed by atoms with E-state index in [2.05, 4.69) is 5.32 Å². The van der Waals surface area contributed by atoms with Crippen molar-refractivity contribution in [3.63, 3.8) is 0 Å². The minimum absolute atomic E-state index is 0.146. The van der Waals surface area contributed by atoms with Gasteiger partial charge in [0.1, 0.15) is 5.83 Å². The number of rotatable bonds is 1. The van der Waals surface area contributed by atoms with Crippen LogP contribution in [0.25, 0.3) is 0 Å². The molecule has 70 valence electrons.